The summed E-state index contributed by atoms with van der Waals surface area (Å²) in [6, 6.07) is 1.43. The number of hydrogen-bond acceptors (Lipinski definition) is 4. The van der Waals surface area contributed by atoms with E-state index in [1.54, 1.807) is 6.92 Å². The fraction of sp³-hybridized carbons (Fsp3) is 0.364. The molecule has 0 aliphatic heterocycles. The minimum absolute atomic E-state index is 0.0655. The van der Waals surface area contributed by atoms with Crippen LogP contribution in [0.1, 0.15) is 23.7 Å². The lowest BCUT2D eigenvalue weighted by Gasteiger charge is -2.16. The van der Waals surface area contributed by atoms with Gasteiger partial charge < -0.3 is 10.2 Å². The number of aliphatic hydroxyl groups is 1. The summed E-state index contributed by atoms with van der Waals surface area (Å²) in [6.45, 7) is 1.30. The van der Waals surface area contributed by atoms with Crippen LogP contribution in [0.4, 0.5) is 0 Å². The molecule has 1 aromatic rings. The zero-order valence-electron chi connectivity index (χ0n) is 10.4. The van der Waals surface area contributed by atoms with E-state index in [-0.39, 0.29) is 11.6 Å². The maximum atomic E-state index is 12.2. The molecule has 1 aromatic carbocycles. The van der Waals surface area contributed by atoms with Gasteiger partial charge in [0.15, 0.2) is 0 Å². The zero-order chi connectivity index (χ0) is 15.5. The number of rotatable bonds is 6. The van der Waals surface area contributed by atoms with Crippen LogP contribution in [0.15, 0.2) is 17.0 Å². The van der Waals surface area contributed by atoms with Gasteiger partial charge >= 0.3 is 5.97 Å². The van der Waals surface area contributed by atoms with Crippen LogP contribution >= 0.6 is 23.2 Å². The molecule has 0 unspecified atom stereocenters. The van der Waals surface area contributed by atoms with Crippen molar-refractivity contribution in [3.8, 4) is 0 Å². The van der Waals surface area contributed by atoms with Gasteiger partial charge in [-0.3, -0.25) is 0 Å². The van der Waals surface area contributed by atoms with Gasteiger partial charge in [-0.05, 0) is 18.6 Å². The van der Waals surface area contributed by atoms with Crippen molar-refractivity contribution in [3.05, 3.63) is 27.7 Å². The monoisotopic (exact) mass is 341 g/mol. The number of halogens is 2. The minimum atomic E-state index is -4.08. The van der Waals surface area contributed by atoms with Crippen LogP contribution in [0.3, 0.4) is 0 Å². The average Bonchev–Trinajstić information content (AvgIpc) is 2.37. The number of carboxylic acids is 1. The number of aliphatic hydroxyl groups excluding tert-OH is 1. The van der Waals surface area contributed by atoms with Gasteiger partial charge in [-0.2, -0.15) is 0 Å². The van der Waals surface area contributed by atoms with Crippen molar-refractivity contribution in [2.24, 2.45) is 0 Å². The van der Waals surface area contributed by atoms with Gasteiger partial charge in [0, 0.05) is 11.1 Å². The molecular weight excluding hydrogens is 329 g/mol. The maximum Gasteiger partial charge on any atom is 0.337 e. The molecule has 0 heterocycles. The second-order valence-corrected chi connectivity index (χ2v) is 6.48. The van der Waals surface area contributed by atoms with E-state index in [1.165, 1.54) is 0 Å². The molecule has 6 nitrogen and oxygen atoms in total. The number of carboxylic acid groups (broad SMARTS) is 1. The third kappa shape index (κ3) is 3.83. The number of sulfonamides is 1. The first-order chi connectivity index (χ1) is 9.22. The van der Waals surface area contributed by atoms with Crippen molar-refractivity contribution in [1.29, 1.82) is 0 Å². The molecule has 0 radical (unpaired) electrons. The molecule has 112 valence electrons. The van der Waals surface area contributed by atoms with E-state index in [0.29, 0.717) is 6.42 Å². The highest BCUT2D eigenvalue weighted by Crippen LogP contribution is 2.29. The number of hydrogen-bond donors (Lipinski definition) is 3. The largest absolute Gasteiger partial charge is 0.478 e. The zero-order valence-corrected chi connectivity index (χ0v) is 12.8. The van der Waals surface area contributed by atoms with Crippen LogP contribution < -0.4 is 4.72 Å². The summed E-state index contributed by atoms with van der Waals surface area (Å²) >= 11 is 11.5. The fourth-order valence-corrected chi connectivity index (χ4v) is 3.66. The molecule has 0 fully saturated rings. The lowest BCUT2D eigenvalue weighted by Crippen LogP contribution is -2.37. The molecule has 0 bridgehead atoms. The van der Waals surface area contributed by atoms with E-state index < -0.39 is 37.5 Å². The summed E-state index contributed by atoms with van der Waals surface area (Å²) in [5.74, 6) is -1.39. The van der Waals surface area contributed by atoms with Gasteiger partial charge in [-0.15, -0.1) is 0 Å². The Morgan fingerprint density at radius 1 is 1.40 bits per heavy atom. The van der Waals surface area contributed by atoms with Crippen molar-refractivity contribution in [3.63, 3.8) is 0 Å². The normalized spacial score (nSPS) is 13.2. The molecule has 20 heavy (non-hydrogen) atoms. The van der Waals surface area contributed by atoms with Crippen LogP contribution in [0.5, 0.6) is 0 Å². The van der Waals surface area contributed by atoms with Crippen LogP contribution in [-0.4, -0.2) is 37.2 Å². The van der Waals surface area contributed by atoms with Gasteiger partial charge in [0.2, 0.25) is 10.0 Å². The fourth-order valence-electron chi connectivity index (χ4n) is 1.45. The van der Waals surface area contributed by atoms with E-state index in [1.807, 2.05) is 0 Å². The summed E-state index contributed by atoms with van der Waals surface area (Å²) in [5.41, 5.74) is -0.406. The highest BCUT2D eigenvalue weighted by Gasteiger charge is 2.25. The Bertz CT molecular complexity index is 613. The average molecular weight is 342 g/mol. The smallest absolute Gasteiger partial charge is 0.337 e. The molecule has 1 atom stereocenters. The highest BCUT2D eigenvalue weighted by atomic mass is 35.5. The van der Waals surface area contributed by atoms with Crippen molar-refractivity contribution >= 4 is 39.2 Å². The number of nitrogens with one attached hydrogen (secondary N) is 1. The van der Waals surface area contributed by atoms with Gasteiger partial charge in [0.25, 0.3) is 0 Å². The summed E-state index contributed by atoms with van der Waals surface area (Å²) < 4.78 is 26.5. The highest BCUT2D eigenvalue weighted by molar-refractivity contribution is 7.89. The Hall–Kier alpha value is -0.860. The topological polar surface area (TPSA) is 104 Å². The third-order valence-electron chi connectivity index (χ3n) is 2.56. The first kappa shape index (κ1) is 17.2. The third-order valence-corrected chi connectivity index (χ3v) is 4.84. The molecule has 0 aliphatic carbocycles. The van der Waals surface area contributed by atoms with Crippen LogP contribution in [0.25, 0.3) is 0 Å². The van der Waals surface area contributed by atoms with Crippen molar-refractivity contribution in [2.45, 2.75) is 24.3 Å². The molecule has 1 rings (SSSR count). The maximum absolute atomic E-state index is 12.2. The van der Waals surface area contributed by atoms with E-state index in [0.717, 1.165) is 12.1 Å². The second-order valence-electron chi connectivity index (χ2n) is 3.98. The molecule has 0 saturated carbocycles. The van der Waals surface area contributed by atoms with Crippen LogP contribution in [-0.2, 0) is 10.0 Å². The summed E-state index contributed by atoms with van der Waals surface area (Å²) in [4.78, 5) is 10.6. The Morgan fingerprint density at radius 3 is 2.45 bits per heavy atom. The van der Waals surface area contributed by atoms with E-state index in [2.05, 4.69) is 4.72 Å². The number of benzene rings is 1. The Balaban J connectivity index is 3.35. The Morgan fingerprint density at radius 2 is 2.00 bits per heavy atom. The molecule has 0 aliphatic rings. The van der Waals surface area contributed by atoms with Crippen molar-refractivity contribution in [2.75, 3.05) is 6.61 Å². The van der Waals surface area contributed by atoms with E-state index in [4.69, 9.17) is 33.4 Å². The Labute approximate surface area is 126 Å². The SMILES string of the molecule is CC[C@H](CO)NS(=O)(=O)c1cc(Cl)cc(C(=O)O)c1Cl. The van der Waals surface area contributed by atoms with Gasteiger partial charge in [-0.25, -0.2) is 17.9 Å². The molecular formula is C11H13Cl2NO5S. The lowest BCUT2D eigenvalue weighted by molar-refractivity contribution is 0.0697. The van der Waals surface area contributed by atoms with Gasteiger partial charge in [-0.1, -0.05) is 30.1 Å². The summed E-state index contributed by atoms with van der Waals surface area (Å²) in [6.07, 6.45) is 0.361. The summed E-state index contributed by atoms with van der Waals surface area (Å²) in [7, 11) is -4.08. The second kappa shape index (κ2) is 6.73. The quantitative estimate of drug-likeness (QED) is 0.731. The van der Waals surface area contributed by atoms with E-state index in [9.17, 15) is 13.2 Å². The predicted molar refractivity (Wildman–Crippen MR) is 74.9 cm³/mol. The number of aromatic carboxylic acids is 1. The number of carbonyl (C=O) groups is 1. The lowest BCUT2D eigenvalue weighted by atomic mass is 10.2. The molecule has 9 heteroatoms. The molecule has 0 aromatic heterocycles. The standard InChI is InChI=1S/C11H13Cl2NO5S/c1-2-7(5-15)14-20(18,19)9-4-6(12)3-8(10(9)13)11(16)17/h3-4,7,14-15H,2,5H2,1H3,(H,16,17)/t7-/m1/s1. The predicted octanol–water partition coefficient (Wildman–Crippen LogP) is 1.74. The molecule has 0 saturated heterocycles. The molecule has 0 amide bonds. The first-order valence-corrected chi connectivity index (χ1v) is 7.82. The van der Waals surface area contributed by atoms with Crippen molar-refractivity contribution in [1.82, 2.24) is 4.72 Å². The minimum Gasteiger partial charge on any atom is -0.478 e. The van der Waals surface area contributed by atoms with Gasteiger partial charge in [0.1, 0.15) is 4.90 Å². The van der Waals surface area contributed by atoms with E-state index >= 15 is 0 Å². The Kier molecular flexibility index (Phi) is 5.79. The first-order valence-electron chi connectivity index (χ1n) is 5.58. The van der Waals surface area contributed by atoms with Crippen LogP contribution in [0.2, 0.25) is 10.0 Å². The van der Waals surface area contributed by atoms with Crippen LogP contribution in [0, 0.1) is 0 Å². The molecule has 0 spiro atoms. The van der Waals surface area contributed by atoms with Crippen molar-refractivity contribution < 1.29 is 23.4 Å². The summed E-state index contributed by atoms with van der Waals surface area (Å²) in [5, 5.41) is 17.5. The van der Waals surface area contributed by atoms with Gasteiger partial charge in [0.05, 0.1) is 17.2 Å². The molecule has 3 N–H and O–H groups in total.